The van der Waals surface area contributed by atoms with Crippen molar-refractivity contribution in [3.63, 3.8) is 0 Å². The Labute approximate surface area is 132 Å². The van der Waals surface area contributed by atoms with Crippen molar-refractivity contribution in [1.29, 1.82) is 0 Å². The molecule has 1 saturated heterocycles. The number of nitrogens with one attached hydrogen (secondary N) is 1. The van der Waals surface area contributed by atoms with Crippen LogP contribution in [-0.2, 0) is 4.74 Å². The van der Waals surface area contributed by atoms with E-state index in [0.29, 0.717) is 5.69 Å². The summed E-state index contributed by atoms with van der Waals surface area (Å²) in [5.41, 5.74) is 7.06. The first-order valence-electron chi connectivity index (χ1n) is 7.71. The van der Waals surface area contributed by atoms with E-state index in [0.717, 1.165) is 37.3 Å². The topological polar surface area (TPSA) is 80.5 Å². The van der Waals surface area contributed by atoms with Gasteiger partial charge in [0.1, 0.15) is 11.4 Å². The molecule has 0 unspecified atom stereocenters. The van der Waals surface area contributed by atoms with Crippen molar-refractivity contribution in [1.82, 2.24) is 10.3 Å². The third-order valence-electron chi connectivity index (χ3n) is 3.60. The molecule has 1 aliphatic rings. The largest absolute Gasteiger partial charge is 0.444 e. The summed E-state index contributed by atoms with van der Waals surface area (Å²) >= 11 is 0. The van der Waals surface area contributed by atoms with Crippen LogP contribution < -0.4 is 16.0 Å². The Hall–Kier alpha value is -1.98. The lowest BCUT2D eigenvalue weighted by molar-refractivity contribution is 0.0500. The van der Waals surface area contributed by atoms with Gasteiger partial charge in [-0.3, -0.25) is 0 Å². The van der Waals surface area contributed by atoms with E-state index in [4.69, 9.17) is 10.5 Å². The Kier molecular flexibility index (Phi) is 4.78. The van der Waals surface area contributed by atoms with Gasteiger partial charge in [-0.2, -0.15) is 0 Å². The molecule has 1 amide bonds. The standard InChI is InChI=1S/C16H26N4O2/c1-11-8-14(18-9-13(11)17)20-7-5-6-12(10-20)19-15(21)22-16(2,3)4/h8-9,12H,5-7,10,17H2,1-4H3,(H,19,21)/t12-/m1/s1. The Morgan fingerprint density at radius 2 is 2.23 bits per heavy atom. The van der Waals surface area contributed by atoms with Crippen LogP contribution in [0.15, 0.2) is 12.3 Å². The molecular formula is C16H26N4O2. The first kappa shape index (κ1) is 16.4. The summed E-state index contributed by atoms with van der Waals surface area (Å²) in [5.74, 6) is 0.905. The molecule has 3 N–H and O–H groups in total. The summed E-state index contributed by atoms with van der Waals surface area (Å²) in [5, 5.41) is 2.95. The number of nitrogen functional groups attached to an aromatic ring is 1. The molecule has 1 aliphatic heterocycles. The van der Waals surface area contributed by atoms with Crippen molar-refractivity contribution in [3.05, 3.63) is 17.8 Å². The summed E-state index contributed by atoms with van der Waals surface area (Å²) in [7, 11) is 0. The van der Waals surface area contributed by atoms with Gasteiger partial charge in [0.15, 0.2) is 0 Å². The molecule has 1 atom stereocenters. The summed E-state index contributed by atoms with van der Waals surface area (Å²) in [6, 6.07) is 2.06. The second-order valence-corrected chi connectivity index (χ2v) is 6.83. The molecule has 1 aromatic heterocycles. The second kappa shape index (κ2) is 6.42. The highest BCUT2D eigenvalue weighted by molar-refractivity contribution is 5.68. The van der Waals surface area contributed by atoms with E-state index in [9.17, 15) is 4.79 Å². The average molecular weight is 306 g/mol. The average Bonchev–Trinajstić information content (AvgIpc) is 2.40. The number of anilines is 2. The summed E-state index contributed by atoms with van der Waals surface area (Å²) in [6.07, 6.45) is 3.28. The van der Waals surface area contributed by atoms with Crippen molar-refractivity contribution in [2.75, 3.05) is 23.7 Å². The van der Waals surface area contributed by atoms with Gasteiger partial charge in [0.05, 0.1) is 11.9 Å². The first-order chi connectivity index (χ1) is 10.2. The molecule has 2 rings (SSSR count). The maximum atomic E-state index is 11.9. The lowest BCUT2D eigenvalue weighted by Gasteiger charge is -2.34. The van der Waals surface area contributed by atoms with Gasteiger partial charge in [-0.05, 0) is 52.2 Å². The number of rotatable bonds is 2. The molecule has 122 valence electrons. The maximum absolute atomic E-state index is 11.9. The molecule has 0 aliphatic carbocycles. The quantitative estimate of drug-likeness (QED) is 0.877. The molecule has 2 heterocycles. The van der Waals surface area contributed by atoms with Crippen LogP contribution >= 0.6 is 0 Å². The predicted molar refractivity (Wildman–Crippen MR) is 88.0 cm³/mol. The molecule has 0 saturated carbocycles. The first-order valence-corrected chi connectivity index (χ1v) is 7.71. The Morgan fingerprint density at radius 3 is 2.86 bits per heavy atom. The number of aromatic nitrogens is 1. The van der Waals surface area contributed by atoms with E-state index >= 15 is 0 Å². The van der Waals surface area contributed by atoms with Crippen LogP contribution in [0.4, 0.5) is 16.3 Å². The number of pyridine rings is 1. The Morgan fingerprint density at radius 1 is 1.50 bits per heavy atom. The molecule has 22 heavy (non-hydrogen) atoms. The number of aryl methyl sites for hydroxylation is 1. The molecule has 1 aromatic rings. The van der Waals surface area contributed by atoms with Crippen LogP contribution in [0.1, 0.15) is 39.2 Å². The van der Waals surface area contributed by atoms with Gasteiger partial charge in [-0.15, -0.1) is 0 Å². The fourth-order valence-electron chi connectivity index (χ4n) is 2.50. The molecule has 0 radical (unpaired) electrons. The third-order valence-corrected chi connectivity index (χ3v) is 3.60. The predicted octanol–water partition coefficient (Wildman–Crippen LogP) is 2.47. The molecule has 0 bridgehead atoms. The van der Waals surface area contributed by atoms with Crippen molar-refractivity contribution >= 4 is 17.6 Å². The molecular weight excluding hydrogens is 280 g/mol. The Bertz CT molecular complexity index is 539. The zero-order chi connectivity index (χ0) is 16.3. The Balaban J connectivity index is 1.96. The maximum Gasteiger partial charge on any atom is 0.407 e. The van der Waals surface area contributed by atoms with Crippen LogP contribution in [0.2, 0.25) is 0 Å². The van der Waals surface area contributed by atoms with Crippen molar-refractivity contribution in [3.8, 4) is 0 Å². The van der Waals surface area contributed by atoms with Gasteiger partial charge in [0.2, 0.25) is 0 Å². The fraction of sp³-hybridized carbons (Fsp3) is 0.625. The highest BCUT2D eigenvalue weighted by Crippen LogP contribution is 2.21. The van der Waals surface area contributed by atoms with Crippen LogP contribution in [0, 0.1) is 6.92 Å². The fourth-order valence-corrected chi connectivity index (χ4v) is 2.50. The number of piperidine rings is 1. The lowest BCUT2D eigenvalue weighted by Crippen LogP contribution is -2.49. The van der Waals surface area contributed by atoms with Crippen LogP contribution in [0.3, 0.4) is 0 Å². The SMILES string of the molecule is Cc1cc(N2CCC[C@@H](NC(=O)OC(C)(C)C)C2)ncc1N. The number of amides is 1. The van der Waals surface area contributed by atoms with E-state index < -0.39 is 5.60 Å². The molecule has 6 nitrogen and oxygen atoms in total. The minimum absolute atomic E-state index is 0.0725. The molecule has 6 heteroatoms. The van der Waals surface area contributed by atoms with Crippen LogP contribution in [0.25, 0.3) is 0 Å². The zero-order valence-electron chi connectivity index (χ0n) is 13.8. The summed E-state index contributed by atoms with van der Waals surface area (Å²) in [6.45, 7) is 9.22. The summed E-state index contributed by atoms with van der Waals surface area (Å²) in [4.78, 5) is 18.5. The van der Waals surface area contributed by atoms with Crippen molar-refractivity contribution < 1.29 is 9.53 Å². The van der Waals surface area contributed by atoms with E-state index in [-0.39, 0.29) is 12.1 Å². The van der Waals surface area contributed by atoms with Crippen molar-refractivity contribution in [2.24, 2.45) is 0 Å². The minimum Gasteiger partial charge on any atom is -0.444 e. The summed E-state index contributed by atoms with van der Waals surface area (Å²) < 4.78 is 5.32. The number of nitrogens with zero attached hydrogens (tertiary/aromatic N) is 2. The molecule has 1 fully saturated rings. The third kappa shape index (κ3) is 4.51. The molecule has 0 spiro atoms. The smallest absolute Gasteiger partial charge is 0.407 e. The van der Waals surface area contributed by atoms with E-state index in [1.165, 1.54) is 0 Å². The normalized spacial score (nSPS) is 18.9. The zero-order valence-corrected chi connectivity index (χ0v) is 13.8. The number of hydrogen-bond donors (Lipinski definition) is 2. The minimum atomic E-state index is -0.478. The number of alkyl carbamates (subject to hydrolysis) is 1. The highest BCUT2D eigenvalue weighted by atomic mass is 16.6. The monoisotopic (exact) mass is 306 g/mol. The van der Waals surface area contributed by atoms with Gasteiger partial charge >= 0.3 is 6.09 Å². The second-order valence-electron chi connectivity index (χ2n) is 6.83. The number of carbonyl (C=O) groups excluding carboxylic acids is 1. The van der Waals surface area contributed by atoms with Gasteiger partial charge in [0, 0.05) is 19.1 Å². The number of ether oxygens (including phenoxy) is 1. The van der Waals surface area contributed by atoms with E-state index in [1.54, 1.807) is 6.20 Å². The lowest BCUT2D eigenvalue weighted by atomic mass is 10.1. The van der Waals surface area contributed by atoms with Gasteiger partial charge in [-0.1, -0.05) is 0 Å². The van der Waals surface area contributed by atoms with Gasteiger partial charge in [-0.25, -0.2) is 9.78 Å². The van der Waals surface area contributed by atoms with E-state index in [2.05, 4.69) is 15.2 Å². The van der Waals surface area contributed by atoms with Crippen LogP contribution in [0.5, 0.6) is 0 Å². The van der Waals surface area contributed by atoms with Gasteiger partial charge in [0.25, 0.3) is 0 Å². The number of hydrogen-bond acceptors (Lipinski definition) is 5. The number of carbonyl (C=O) groups is 1. The number of nitrogens with two attached hydrogens (primary N) is 1. The van der Waals surface area contributed by atoms with Crippen LogP contribution in [-0.4, -0.2) is 35.8 Å². The van der Waals surface area contributed by atoms with Crippen molar-refractivity contribution in [2.45, 2.75) is 52.2 Å². The van der Waals surface area contributed by atoms with E-state index in [1.807, 2.05) is 33.8 Å². The highest BCUT2D eigenvalue weighted by Gasteiger charge is 2.24. The molecule has 0 aromatic carbocycles. The van der Waals surface area contributed by atoms with Gasteiger partial charge < -0.3 is 20.7 Å².